The van der Waals surface area contributed by atoms with Crippen LogP contribution in [0.15, 0.2) is 36.0 Å². The van der Waals surface area contributed by atoms with Crippen molar-refractivity contribution >= 4 is 12.1 Å². The molecule has 0 saturated carbocycles. The Hall–Kier alpha value is -2.24. The summed E-state index contributed by atoms with van der Waals surface area (Å²) in [7, 11) is 4.78. The molecule has 2 rings (SSSR count). The van der Waals surface area contributed by atoms with E-state index in [9.17, 15) is 24.9 Å². The Kier molecular flexibility index (Phi) is 13.7. The molecule has 2 aliphatic rings. The number of hydrogen-bond donors (Lipinski definition) is 3. The van der Waals surface area contributed by atoms with E-state index in [4.69, 9.17) is 18.9 Å². The largest absolute Gasteiger partial charge is 0.457 e. The van der Waals surface area contributed by atoms with Crippen molar-refractivity contribution in [3.63, 3.8) is 0 Å². The lowest BCUT2D eigenvalue weighted by atomic mass is 9.89. The van der Waals surface area contributed by atoms with Crippen molar-refractivity contribution < 1.29 is 43.9 Å². The second kappa shape index (κ2) is 16.0. The second-order valence-electron chi connectivity index (χ2n) is 12.4. The number of hydrogen-bond acceptors (Lipinski definition) is 9. The molecule has 3 N–H and O–H groups in total. The van der Waals surface area contributed by atoms with E-state index >= 15 is 0 Å². The highest BCUT2D eigenvalue weighted by atomic mass is 16.6. The van der Waals surface area contributed by atoms with Gasteiger partial charge in [-0.15, -0.1) is 0 Å². The van der Waals surface area contributed by atoms with Gasteiger partial charge in [0.15, 0.2) is 0 Å². The number of ether oxygens (including phenoxy) is 4. The fourth-order valence-corrected chi connectivity index (χ4v) is 5.32. The van der Waals surface area contributed by atoms with Crippen LogP contribution in [-0.2, 0) is 23.7 Å². The fourth-order valence-electron chi connectivity index (χ4n) is 5.32. The van der Waals surface area contributed by atoms with Crippen molar-refractivity contribution in [2.75, 3.05) is 21.2 Å². The predicted octanol–water partition coefficient (Wildman–Crippen LogP) is 3.78. The Morgan fingerprint density at radius 3 is 2.52 bits per heavy atom. The maximum Gasteiger partial charge on any atom is 0.409 e. The van der Waals surface area contributed by atoms with Gasteiger partial charge >= 0.3 is 12.1 Å². The van der Waals surface area contributed by atoms with Gasteiger partial charge in [0.1, 0.15) is 24.4 Å². The van der Waals surface area contributed by atoms with Crippen molar-refractivity contribution in [3.05, 3.63) is 36.0 Å². The van der Waals surface area contributed by atoms with Gasteiger partial charge in [-0.1, -0.05) is 58.1 Å². The van der Waals surface area contributed by atoms with Crippen LogP contribution in [0.5, 0.6) is 0 Å². The molecular formula is C32H53NO9. The maximum atomic E-state index is 13.0. The van der Waals surface area contributed by atoms with E-state index in [0.717, 1.165) is 12.0 Å². The van der Waals surface area contributed by atoms with Gasteiger partial charge in [-0.3, -0.25) is 4.79 Å². The molecule has 1 fully saturated rings. The minimum absolute atomic E-state index is 0.0433. The van der Waals surface area contributed by atoms with Gasteiger partial charge < -0.3 is 39.2 Å². The summed E-state index contributed by atoms with van der Waals surface area (Å²) in [6.07, 6.45) is 5.60. The number of epoxide rings is 1. The predicted molar refractivity (Wildman–Crippen MR) is 160 cm³/mol. The van der Waals surface area contributed by atoms with Crippen LogP contribution in [-0.4, -0.2) is 102 Å². The quantitative estimate of drug-likeness (QED) is 0.149. The standard InChI is InChI=1S/C32H53NO9/c1-10-24(39-9)22(5)29-30(42-29)27(36)19(2)12-11-13-20(3)28-21(4)14-15-25(34)32(6,38)17-16-23(18-26(35)41-28)40-31(37)33(7)8/h11-15,19,21-25,27-30,34,36,38H,10,16-18H2,1-9H3/b12-11+,15-14+,20-13+/t19?,21?,22?,23?,24?,25?,27?,28?,29-,30?,32?/m1/s1. The summed E-state index contributed by atoms with van der Waals surface area (Å²) in [6.45, 7) is 11.3. The van der Waals surface area contributed by atoms with Crippen molar-refractivity contribution in [1.29, 1.82) is 0 Å². The summed E-state index contributed by atoms with van der Waals surface area (Å²) in [4.78, 5) is 26.5. The van der Waals surface area contributed by atoms with E-state index in [2.05, 4.69) is 13.8 Å². The van der Waals surface area contributed by atoms with Gasteiger partial charge in [0, 0.05) is 39.0 Å². The molecule has 0 aromatic carbocycles. The van der Waals surface area contributed by atoms with Crippen LogP contribution in [0.2, 0.25) is 0 Å². The van der Waals surface area contributed by atoms with Gasteiger partial charge in [0.05, 0.1) is 30.3 Å². The molecule has 240 valence electrons. The van der Waals surface area contributed by atoms with Crippen LogP contribution in [0.4, 0.5) is 4.79 Å². The van der Waals surface area contributed by atoms with Gasteiger partial charge in [0.2, 0.25) is 0 Å². The van der Waals surface area contributed by atoms with Crippen molar-refractivity contribution in [2.45, 2.75) is 116 Å². The molecule has 11 atom stereocenters. The van der Waals surface area contributed by atoms with Crippen LogP contribution in [0.25, 0.3) is 0 Å². The third kappa shape index (κ3) is 10.2. The van der Waals surface area contributed by atoms with Crippen LogP contribution >= 0.6 is 0 Å². The average molecular weight is 596 g/mol. The minimum atomic E-state index is -1.48. The topological polar surface area (TPSA) is 138 Å². The summed E-state index contributed by atoms with van der Waals surface area (Å²) in [6, 6.07) is 0. The van der Waals surface area contributed by atoms with Gasteiger partial charge in [0.25, 0.3) is 0 Å². The Balaban J connectivity index is 2.17. The van der Waals surface area contributed by atoms with Crippen molar-refractivity contribution in [1.82, 2.24) is 4.90 Å². The third-order valence-electron chi connectivity index (χ3n) is 8.44. The first-order chi connectivity index (χ1) is 19.6. The number of carbonyl (C=O) groups excluding carboxylic acids is 2. The number of amides is 1. The highest BCUT2D eigenvalue weighted by Gasteiger charge is 2.50. The van der Waals surface area contributed by atoms with E-state index in [1.54, 1.807) is 27.3 Å². The number of cyclic esters (lactones) is 1. The van der Waals surface area contributed by atoms with Crippen molar-refractivity contribution in [3.8, 4) is 0 Å². The second-order valence-corrected chi connectivity index (χ2v) is 12.4. The molecule has 0 spiro atoms. The summed E-state index contributed by atoms with van der Waals surface area (Å²) >= 11 is 0. The lowest BCUT2D eigenvalue weighted by Gasteiger charge is -2.31. The smallest absolute Gasteiger partial charge is 0.409 e. The Labute approximate surface area is 251 Å². The van der Waals surface area contributed by atoms with Gasteiger partial charge in [-0.25, -0.2) is 4.79 Å². The number of rotatable bonds is 10. The fraction of sp³-hybridized carbons (Fsp3) is 0.750. The Morgan fingerprint density at radius 2 is 1.93 bits per heavy atom. The first kappa shape index (κ1) is 36.0. The van der Waals surface area contributed by atoms with E-state index in [1.807, 2.05) is 39.0 Å². The highest BCUT2D eigenvalue weighted by Crippen LogP contribution is 2.37. The van der Waals surface area contributed by atoms with Crippen LogP contribution in [0.1, 0.15) is 67.2 Å². The average Bonchev–Trinajstić information content (AvgIpc) is 3.73. The summed E-state index contributed by atoms with van der Waals surface area (Å²) < 4.78 is 22.7. The molecule has 0 aromatic heterocycles. The minimum Gasteiger partial charge on any atom is -0.457 e. The van der Waals surface area contributed by atoms with Crippen LogP contribution in [0.3, 0.4) is 0 Å². The zero-order chi connectivity index (χ0) is 31.8. The lowest BCUT2D eigenvalue weighted by Crippen LogP contribution is -2.40. The first-order valence-corrected chi connectivity index (χ1v) is 15.0. The highest BCUT2D eigenvalue weighted by molar-refractivity contribution is 5.72. The Bertz CT molecular complexity index is 971. The molecule has 10 heteroatoms. The third-order valence-corrected chi connectivity index (χ3v) is 8.44. The first-order valence-electron chi connectivity index (χ1n) is 15.0. The van der Waals surface area contributed by atoms with Crippen LogP contribution in [0, 0.1) is 17.8 Å². The molecule has 2 aliphatic heterocycles. The number of carbonyl (C=O) groups is 2. The van der Waals surface area contributed by atoms with E-state index in [-0.39, 0.29) is 55.3 Å². The molecule has 2 heterocycles. The number of aliphatic hydroxyl groups excluding tert-OH is 2. The molecule has 1 saturated heterocycles. The number of methoxy groups -OCH3 is 1. The van der Waals surface area contributed by atoms with Crippen molar-refractivity contribution in [2.24, 2.45) is 17.8 Å². The zero-order valence-electron chi connectivity index (χ0n) is 26.7. The molecule has 10 nitrogen and oxygen atoms in total. The molecule has 0 radical (unpaired) electrons. The monoisotopic (exact) mass is 595 g/mol. The molecule has 0 bridgehead atoms. The maximum absolute atomic E-state index is 13.0. The summed E-state index contributed by atoms with van der Waals surface area (Å²) in [5, 5.41) is 32.4. The number of nitrogens with zero attached hydrogens (tertiary/aromatic N) is 1. The zero-order valence-corrected chi connectivity index (χ0v) is 26.7. The lowest BCUT2D eigenvalue weighted by molar-refractivity contribution is -0.151. The van der Waals surface area contributed by atoms with Gasteiger partial charge in [-0.2, -0.15) is 0 Å². The van der Waals surface area contributed by atoms with Gasteiger partial charge in [-0.05, 0) is 38.7 Å². The van der Waals surface area contributed by atoms with Crippen LogP contribution < -0.4 is 0 Å². The summed E-state index contributed by atoms with van der Waals surface area (Å²) in [5.41, 5.74) is -0.732. The molecule has 0 aliphatic carbocycles. The number of allylic oxidation sites excluding steroid dienone is 2. The number of aliphatic hydroxyl groups is 3. The molecule has 1 amide bonds. The molecular weight excluding hydrogens is 542 g/mol. The van der Waals surface area contributed by atoms with E-state index in [0.29, 0.717) is 0 Å². The Morgan fingerprint density at radius 1 is 1.26 bits per heavy atom. The molecule has 0 aromatic rings. The van der Waals surface area contributed by atoms with E-state index in [1.165, 1.54) is 17.9 Å². The number of esters is 1. The normalized spacial score (nSPS) is 34.8. The molecule has 10 unspecified atom stereocenters. The molecule has 42 heavy (non-hydrogen) atoms. The summed E-state index contributed by atoms with van der Waals surface area (Å²) in [5.74, 6) is -0.870. The van der Waals surface area contributed by atoms with E-state index < -0.39 is 42.1 Å². The SMILES string of the molecule is CCC(OC)C(C)[C@H]1OC1C(O)C(C)/C=C/C=C(\C)C1OC(=O)CC(OC(=O)N(C)C)CCC(C)(O)C(O)/C=C/C1C.